The van der Waals surface area contributed by atoms with Crippen LogP contribution in [-0.2, 0) is 11.2 Å². The van der Waals surface area contributed by atoms with E-state index >= 15 is 0 Å². The lowest BCUT2D eigenvalue weighted by Crippen LogP contribution is -2.24. The van der Waals surface area contributed by atoms with Crippen molar-refractivity contribution in [2.45, 2.75) is 38.2 Å². The van der Waals surface area contributed by atoms with Crippen molar-refractivity contribution in [3.8, 4) is 0 Å². The second-order valence-corrected chi connectivity index (χ2v) is 5.56. The number of rotatable bonds is 5. The van der Waals surface area contributed by atoms with Crippen LogP contribution >= 0.6 is 11.3 Å². The molecule has 90 valence electrons. The fourth-order valence-corrected chi connectivity index (χ4v) is 2.95. The van der Waals surface area contributed by atoms with Gasteiger partial charge in [0.15, 0.2) is 0 Å². The van der Waals surface area contributed by atoms with E-state index in [1.54, 1.807) is 11.3 Å². The summed E-state index contributed by atoms with van der Waals surface area (Å²) >= 11 is 1.80. The smallest absolute Gasteiger partial charge is 0.0575 e. The van der Waals surface area contributed by atoms with Crippen molar-refractivity contribution in [3.63, 3.8) is 0 Å². The van der Waals surface area contributed by atoms with Gasteiger partial charge in [-0.1, -0.05) is 6.07 Å². The highest BCUT2D eigenvalue weighted by Crippen LogP contribution is 2.25. The van der Waals surface area contributed by atoms with Gasteiger partial charge in [-0.25, -0.2) is 0 Å². The Balaban J connectivity index is 1.60. The molecule has 1 fully saturated rings. The maximum atomic E-state index is 9.04. The first-order chi connectivity index (χ1) is 7.88. The number of aliphatic hydroxyl groups excluding tert-OH is 1. The molecule has 1 aromatic rings. The number of hydrogen-bond donors (Lipinski definition) is 1. The molecule has 0 aliphatic heterocycles. The molecule has 1 N–H and O–H groups in total. The Morgan fingerprint density at radius 1 is 1.31 bits per heavy atom. The van der Waals surface area contributed by atoms with Crippen molar-refractivity contribution in [1.29, 1.82) is 0 Å². The van der Waals surface area contributed by atoms with Crippen molar-refractivity contribution in [2.75, 3.05) is 13.2 Å². The maximum Gasteiger partial charge on any atom is 0.0575 e. The second-order valence-electron chi connectivity index (χ2n) is 4.53. The second kappa shape index (κ2) is 6.38. The van der Waals surface area contributed by atoms with Crippen LogP contribution in [0.2, 0.25) is 0 Å². The van der Waals surface area contributed by atoms with Gasteiger partial charge in [0.25, 0.3) is 0 Å². The zero-order valence-corrected chi connectivity index (χ0v) is 10.4. The molecule has 1 aliphatic carbocycles. The minimum Gasteiger partial charge on any atom is -0.396 e. The molecule has 2 rings (SSSR count). The third kappa shape index (κ3) is 3.58. The molecule has 0 bridgehead atoms. The van der Waals surface area contributed by atoms with E-state index in [-0.39, 0.29) is 0 Å². The molecule has 0 aromatic carbocycles. The summed E-state index contributed by atoms with van der Waals surface area (Å²) in [6, 6.07) is 4.25. The number of ether oxygens (including phenoxy) is 1. The minimum atomic E-state index is 0.349. The molecule has 0 unspecified atom stereocenters. The van der Waals surface area contributed by atoms with Gasteiger partial charge < -0.3 is 9.84 Å². The third-order valence-corrected chi connectivity index (χ3v) is 4.27. The van der Waals surface area contributed by atoms with Gasteiger partial charge in [-0.05, 0) is 43.0 Å². The molecule has 1 heterocycles. The number of thiophene rings is 1. The highest BCUT2D eigenvalue weighted by atomic mass is 32.1. The number of hydrogen-bond acceptors (Lipinski definition) is 3. The van der Waals surface area contributed by atoms with Gasteiger partial charge in [-0.3, -0.25) is 0 Å². The topological polar surface area (TPSA) is 29.5 Å². The van der Waals surface area contributed by atoms with E-state index in [1.807, 2.05) is 0 Å². The van der Waals surface area contributed by atoms with Crippen LogP contribution in [0.5, 0.6) is 0 Å². The van der Waals surface area contributed by atoms with Crippen LogP contribution in [0.3, 0.4) is 0 Å². The van der Waals surface area contributed by atoms with Crippen LogP contribution in [0.4, 0.5) is 0 Å². The molecule has 0 saturated heterocycles. The molecule has 3 heteroatoms. The maximum absolute atomic E-state index is 9.04. The van der Waals surface area contributed by atoms with Gasteiger partial charge in [0.05, 0.1) is 12.7 Å². The first-order valence-electron chi connectivity index (χ1n) is 6.13. The Labute approximate surface area is 101 Å². The molecule has 2 nitrogen and oxygen atoms in total. The summed E-state index contributed by atoms with van der Waals surface area (Å²) in [5.41, 5.74) is 0. The lowest BCUT2D eigenvalue weighted by atomic mass is 9.88. The molecular formula is C13H20O2S. The molecule has 1 aliphatic rings. The van der Waals surface area contributed by atoms with Gasteiger partial charge in [0, 0.05) is 17.9 Å². The zero-order chi connectivity index (χ0) is 11.2. The Morgan fingerprint density at radius 2 is 2.12 bits per heavy atom. The molecule has 0 radical (unpaired) electrons. The summed E-state index contributed by atoms with van der Waals surface area (Å²) in [7, 11) is 0. The van der Waals surface area contributed by atoms with Crippen LogP contribution < -0.4 is 0 Å². The summed E-state index contributed by atoms with van der Waals surface area (Å²) in [6.45, 7) is 1.19. The van der Waals surface area contributed by atoms with Gasteiger partial charge in [0.1, 0.15) is 0 Å². The van der Waals surface area contributed by atoms with Crippen molar-refractivity contribution >= 4 is 11.3 Å². The van der Waals surface area contributed by atoms with E-state index in [0.29, 0.717) is 18.6 Å². The Kier molecular flexibility index (Phi) is 4.82. The average molecular weight is 240 g/mol. The predicted octanol–water partition coefficient (Wildman–Crippen LogP) is 2.86. The SMILES string of the molecule is OCC1CCC(OCCc2cccs2)CC1. The first kappa shape index (κ1) is 12.1. The molecule has 1 aromatic heterocycles. The van der Waals surface area contributed by atoms with Crippen LogP contribution in [-0.4, -0.2) is 24.4 Å². The quantitative estimate of drug-likeness (QED) is 0.857. The summed E-state index contributed by atoms with van der Waals surface area (Å²) < 4.78 is 5.87. The molecule has 16 heavy (non-hydrogen) atoms. The molecule has 0 amide bonds. The molecular weight excluding hydrogens is 220 g/mol. The highest BCUT2D eigenvalue weighted by molar-refractivity contribution is 7.09. The molecule has 1 saturated carbocycles. The van der Waals surface area contributed by atoms with Crippen LogP contribution in [0, 0.1) is 5.92 Å². The monoisotopic (exact) mass is 240 g/mol. The first-order valence-corrected chi connectivity index (χ1v) is 7.01. The van der Waals surface area contributed by atoms with Gasteiger partial charge in [-0.15, -0.1) is 11.3 Å². The normalized spacial score (nSPS) is 25.8. The van der Waals surface area contributed by atoms with Crippen LogP contribution in [0.15, 0.2) is 17.5 Å². The lowest BCUT2D eigenvalue weighted by Gasteiger charge is -2.27. The largest absolute Gasteiger partial charge is 0.396 e. The summed E-state index contributed by atoms with van der Waals surface area (Å²) in [4.78, 5) is 1.41. The molecule has 0 atom stereocenters. The van der Waals surface area contributed by atoms with E-state index < -0.39 is 0 Å². The van der Waals surface area contributed by atoms with Gasteiger partial charge in [0.2, 0.25) is 0 Å². The standard InChI is InChI=1S/C13H20O2S/c14-10-11-3-5-12(6-4-11)15-8-7-13-2-1-9-16-13/h1-2,9,11-12,14H,3-8,10H2. The fraction of sp³-hybridized carbons (Fsp3) is 0.692. The van der Waals surface area contributed by atoms with E-state index in [0.717, 1.165) is 38.7 Å². The number of aliphatic hydroxyl groups is 1. The summed E-state index contributed by atoms with van der Waals surface area (Å²) in [6.07, 6.45) is 5.96. The van der Waals surface area contributed by atoms with Gasteiger partial charge >= 0.3 is 0 Å². The van der Waals surface area contributed by atoms with Crippen molar-refractivity contribution < 1.29 is 9.84 Å². The molecule has 0 spiro atoms. The third-order valence-electron chi connectivity index (χ3n) is 3.33. The van der Waals surface area contributed by atoms with E-state index in [1.165, 1.54) is 4.88 Å². The fourth-order valence-electron chi connectivity index (χ4n) is 2.26. The van der Waals surface area contributed by atoms with Crippen molar-refractivity contribution in [3.05, 3.63) is 22.4 Å². The Hall–Kier alpha value is -0.380. The predicted molar refractivity (Wildman–Crippen MR) is 66.8 cm³/mol. The van der Waals surface area contributed by atoms with Crippen LogP contribution in [0.25, 0.3) is 0 Å². The average Bonchev–Trinajstić information content (AvgIpc) is 2.83. The summed E-state index contributed by atoms with van der Waals surface area (Å²) in [5, 5.41) is 11.2. The minimum absolute atomic E-state index is 0.349. The highest BCUT2D eigenvalue weighted by Gasteiger charge is 2.20. The van der Waals surface area contributed by atoms with Crippen molar-refractivity contribution in [1.82, 2.24) is 0 Å². The lowest BCUT2D eigenvalue weighted by molar-refractivity contribution is 0.0132. The Bertz CT molecular complexity index is 276. The van der Waals surface area contributed by atoms with E-state index in [9.17, 15) is 0 Å². The van der Waals surface area contributed by atoms with E-state index in [2.05, 4.69) is 17.5 Å². The van der Waals surface area contributed by atoms with Crippen molar-refractivity contribution in [2.24, 2.45) is 5.92 Å². The summed E-state index contributed by atoms with van der Waals surface area (Å²) in [5.74, 6) is 0.525. The van der Waals surface area contributed by atoms with E-state index in [4.69, 9.17) is 9.84 Å². The van der Waals surface area contributed by atoms with Crippen LogP contribution in [0.1, 0.15) is 30.6 Å². The zero-order valence-electron chi connectivity index (χ0n) is 9.60. The van der Waals surface area contributed by atoms with Gasteiger partial charge in [-0.2, -0.15) is 0 Å². The Morgan fingerprint density at radius 3 is 2.75 bits per heavy atom.